The highest BCUT2D eigenvalue weighted by Gasteiger charge is 2.15. The number of hydrogen-bond acceptors (Lipinski definition) is 3. The second-order valence-electron chi connectivity index (χ2n) is 3.86. The van der Waals surface area contributed by atoms with Crippen LogP contribution in [0, 0.1) is 13.8 Å². The summed E-state index contributed by atoms with van der Waals surface area (Å²) in [6.45, 7) is 4.30. The van der Waals surface area contributed by atoms with Gasteiger partial charge in [0.2, 0.25) is 6.79 Å². The van der Waals surface area contributed by atoms with E-state index in [1.807, 2.05) is 32.0 Å². The minimum Gasteiger partial charge on any atom is -0.454 e. The van der Waals surface area contributed by atoms with Gasteiger partial charge in [-0.25, -0.2) is 4.98 Å². The van der Waals surface area contributed by atoms with E-state index in [4.69, 9.17) is 9.47 Å². The van der Waals surface area contributed by atoms with Crippen molar-refractivity contribution in [2.24, 2.45) is 0 Å². The number of hydrogen-bond donors (Lipinski definition) is 1. The number of benzene rings is 1. The van der Waals surface area contributed by atoms with Gasteiger partial charge in [0.1, 0.15) is 5.82 Å². The van der Waals surface area contributed by atoms with Crippen LogP contribution in [0.3, 0.4) is 0 Å². The van der Waals surface area contributed by atoms with E-state index in [-0.39, 0.29) is 0 Å². The van der Waals surface area contributed by atoms with Gasteiger partial charge in [0.25, 0.3) is 0 Å². The molecule has 0 fully saturated rings. The fourth-order valence-corrected chi connectivity index (χ4v) is 1.73. The van der Waals surface area contributed by atoms with Gasteiger partial charge in [-0.05, 0) is 32.0 Å². The number of aryl methyl sites for hydroxylation is 2. The molecule has 16 heavy (non-hydrogen) atoms. The fraction of sp³-hybridized carbons (Fsp3) is 0.250. The number of nitrogens with one attached hydrogen (secondary N) is 1. The van der Waals surface area contributed by atoms with Gasteiger partial charge in [0, 0.05) is 11.3 Å². The highest BCUT2D eigenvalue weighted by Crippen LogP contribution is 2.35. The van der Waals surface area contributed by atoms with Crippen LogP contribution < -0.4 is 9.47 Å². The molecule has 0 aliphatic carbocycles. The first-order valence-corrected chi connectivity index (χ1v) is 5.17. The zero-order valence-corrected chi connectivity index (χ0v) is 9.20. The molecule has 1 aromatic heterocycles. The van der Waals surface area contributed by atoms with Crippen molar-refractivity contribution < 1.29 is 9.47 Å². The van der Waals surface area contributed by atoms with E-state index >= 15 is 0 Å². The molecule has 0 radical (unpaired) electrons. The summed E-state index contributed by atoms with van der Waals surface area (Å²) in [7, 11) is 0. The molecule has 1 N–H and O–H groups in total. The predicted molar refractivity (Wildman–Crippen MR) is 59.6 cm³/mol. The van der Waals surface area contributed by atoms with Crippen molar-refractivity contribution in [3.63, 3.8) is 0 Å². The van der Waals surface area contributed by atoms with Crippen molar-refractivity contribution in [2.75, 3.05) is 6.79 Å². The fourth-order valence-electron chi connectivity index (χ4n) is 1.73. The molecule has 0 unspecified atom stereocenters. The van der Waals surface area contributed by atoms with Gasteiger partial charge in [-0.2, -0.15) is 0 Å². The van der Waals surface area contributed by atoms with Crippen LogP contribution in [0.15, 0.2) is 18.2 Å². The summed E-state index contributed by atoms with van der Waals surface area (Å²) in [4.78, 5) is 7.70. The second kappa shape index (κ2) is 3.27. The summed E-state index contributed by atoms with van der Waals surface area (Å²) in [6.07, 6.45) is 0. The third kappa shape index (κ3) is 1.34. The Morgan fingerprint density at radius 2 is 2.00 bits per heavy atom. The van der Waals surface area contributed by atoms with Crippen molar-refractivity contribution in [1.29, 1.82) is 0 Å². The maximum atomic E-state index is 5.33. The summed E-state index contributed by atoms with van der Waals surface area (Å²) in [5.74, 6) is 2.45. The molecular weight excluding hydrogens is 204 g/mol. The number of nitrogens with zero attached hydrogens (tertiary/aromatic N) is 1. The highest BCUT2D eigenvalue weighted by molar-refractivity contribution is 5.62. The third-order valence-corrected chi connectivity index (χ3v) is 2.77. The molecule has 0 atom stereocenters. The van der Waals surface area contributed by atoms with E-state index in [1.165, 1.54) is 0 Å². The first-order chi connectivity index (χ1) is 7.74. The maximum absolute atomic E-state index is 5.33. The summed E-state index contributed by atoms with van der Waals surface area (Å²) < 4.78 is 10.6. The normalized spacial score (nSPS) is 13.1. The van der Waals surface area contributed by atoms with Crippen LogP contribution >= 0.6 is 0 Å². The Balaban J connectivity index is 2.07. The van der Waals surface area contributed by atoms with E-state index in [2.05, 4.69) is 9.97 Å². The zero-order chi connectivity index (χ0) is 11.1. The molecule has 0 bridgehead atoms. The Bertz CT molecular complexity index is 526. The summed E-state index contributed by atoms with van der Waals surface area (Å²) in [5, 5.41) is 0. The van der Waals surface area contributed by atoms with Crippen molar-refractivity contribution in [3.8, 4) is 22.9 Å². The molecule has 2 aromatic rings. The Kier molecular flexibility index (Phi) is 1.89. The molecule has 1 aliphatic heterocycles. The molecule has 1 aromatic carbocycles. The van der Waals surface area contributed by atoms with Crippen LogP contribution in [0.5, 0.6) is 11.5 Å². The lowest BCUT2D eigenvalue weighted by Gasteiger charge is -1.99. The Morgan fingerprint density at radius 3 is 2.75 bits per heavy atom. The summed E-state index contributed by atoms with van der Waals surface area (Å²) >= 11 is 0. The average Bonchev–Trinajstić information content (AvgIpc) is 2.85. The van der Waals surface area contributed by atoms with Crippen LogP contribution in [-0.2, 0) is 0 Å². The van der Waals surface area contributed by atoms with Gasteiger partial charge in [-0.3, -0.25) is 0 Å². The van der Waals surface area contributed by atoms with Crippen LogP contribution in [0.4, 0.5) is 0 Å². The molecule has 0 saturated carbocycles. The second-order valence-corrected chi connectivity index (χ2v) is 3.86. The first-order valence-electron chi connectivity index (χ1n) is 5.17. The number of imidazole rings is 1. The summed E-state index contributed by atoms with van der Waals surface area (Å²) in [5.41, 5.74) is 3.13. The van der Waals surface area contributed by atoms with Crippen molar-refractivity contribution in [1.82, 2.24) is 9.97 Å². The van der Waals surface area contributed by atoms with Gasteiger partial charge >= 0.3 is 0 Å². The van der Waals surface area contributed by atoms with Gasteiger partial charge < -0.3 is 14.5 Å². The van der Waals surface area contributed by atoms with Crippen molar-refractivity contribution >= 4 is 0 Å². The molecule has 0 spiro atoms. The van der Waals surface area contributed by atoms with Gasteiger partial charge in [-0.1, -0.05) is 0 Å². The average molecular weight is 216 g/mol. The van der Waals surface area contributed by atoms with Crippen LogP contribution in [0.2, 0.25) is 0 Å². The molecule has 0 saturated heterocycles. The lowest BCUT2D eigenvalue weighted by Crippen LogP contribution is -1.92. The largest absolute Gasteiger partial charge is 0.454 e. The Morgan fingerprint density at radius 1 is 1.19 bits per heavy atom. The van der Waals surface area contributed by atoms with Crippen LogP contribution in [0.1, 0.15) is 11.4 Å². The Labute approximate surface area is 93.2 Å². The number of fused-ring (bicyclic) bond motifs is 1. The minimum absolute atomic E-state index is 0.301. The molecule has 4 nitrogen and oxygen atoms in total. The van der Waals surface area contributed by atoms with Crippen LogP contribution in [0.25, 0.3) is 11.4 Å². The number of H-pyrrole nitrogens is 1. The standard InChI is InChI=1S/C12H12N2O2/c1-7-8(2)14-12(13-7)9-3-4-10-11(5-9)16-6-15-10/h3-5H,6H2,1-2H3,(H,13,14). The molecule has 4 heteroatoms. The molecule has 1 aliphatic rings. The van der Waals surface area contributed by atoms with Gasteiger partial charge in [0.15, 0.2) is 11.5 Å². The van der Waals surface area contributed by atoms with E-state index in [9.17, 15) is 0 Å². The van der Waals surface area contributed by atoms with Gasteiger partial charge in [0.05, 0.1) is 5.69 Å². The monoisotopic (exact) mass is 216 g/mol. The van der Waals surface area contributed by atoms with Crippen LogP contribution in [-0.4, -0.2) is 16.8 Å². The van der Waals surface area contributed by atoms with Crippen molar-refractivity contribution in [2.45, 2.75) is 13.8 Å². The maximum Gasteiger partial charge on any atom is 0.231 e. The quantitative estimate of drug-likeness (QED) is 0.796. The van der Waals surface area contributed by atoms with E-state index < -0.39 is 0 Å². The molecule has 2 heterocycles. The zero-order valence-electron chi connectivity index (χ0n) is 9.20. The number of ether oxygens (including phenoxy) is 2. The third-order valence-electron chi connectivity index (χ3n) is 2.77. The predicted octanol–water partition coefficient (Wildman–Crippen LogP) is 2.42. The first kappa shape index (κ1) is 9.27. The highest BCUT2D eigenvalue weighted by atomic mass is 16.7. The number of aromatic amines is 1. The molecular formula is C12H12N2O2. The molecule has 82 valence electrons. The number of rotatable bonds is 1. The SMILES string of the molecule is Cc1nc(-c2ccc3c(c2)OCO3)[nH]c1C. The summed E-state index contributed by atoms with van der Waals surface area (Å²) in [6, 6.07) is 5.83. The van der Waals surface area contributed by atoms with E-state index in [0.29, 0.717) is 6.79 Å². The van der Waals surface area contributed by atoms with Crippen molar-refractivity contribution in [3.05, 3.63) is 29.6 Å². The Hall–Kier alpha value is -1.97. The smallest absolute Gasteiger partial charge is 0.231 e. The molecule has 0 amide bonds. The topological polar surface area (TPSA) is 47.1 Å². The lowest BCUT2D eigenvalue weighted by atomic mass is 10.2. The lowest BCUT2D eigenvalue weighted by molar-refractivity contribution is 0.174. The number of aromatic nitrogens is 2. The molecule has 3 rings (SSSR count). The van der Waals surface area contributed by atoms with E-state index in [0.717, 1.165) is 34.3 Å². The van der Waals surface area contributed by atoms with E-state index in [1.54, 1.807) is 0 Å². The van der Waals surface area contributed by atoms with Gasteiger partial charge in [-0.15, -0.1) is 0 Å². The minimum atomic E-state index is 0.301.